The highest BCUT2D eigenvalue weighted by Crippen LogP contribution is 2.27. The molecule has 2 rings (SSSR count). The average Bonchev–Trinajstić information content (AvgIpc) is 2.78. The largest absolute Gasteiger partial charge is 0.481 e. The van der Waals surface area contributed by atoms with Gasteiger partial charge in [0.05, 0.1) is 17.0 Å². The van der Waals surface area contributed by atoms with Gasteiger partial charge in [-0.2, -0.15) is 0 Å². The number of nitrogens with zero attached hydrogens (tertiary/aromatic N) is 1. The third-order valence-corrected chi connectivity index (χ3v) is 3.77. The van der Waals surface area contributed by atoms with E-state index in [1.165, 1.54) is 6.07 Å². The van der Waals surface area contributed by atoms with E-state index in [1.54, 1.807) is 17.0 Å². The monoisotopic (exact) mass is 301 g/mol. The number of carboxylic acid groups (broad SMARTS) is 1. The first-order chi connectivity index (χ1) is 8.99. The maximum absolute atomic E-state index is 12.4. The molecule has 1 aliphatic rings. The summed E-state index contributed by atoms with van der Waals surface area (Å²) >= 11 is 11.9. The van der Waals surface area contributed by atoms with Crippen LogP contribution in [0.4, 0.5) is 0 Å². The van der Waals surface area contributed by atoms with Gasteiger partial charge in [-0.25, -0.2) is 0 Å². The topological polar surface area (TPSA) is 57.6 Å². The minimum absolute atomic E-state index is 0.0378. The van der Waals surface area contributed by atoms with Crippen LogP contribution in [-0.2, 0) is 4.79 Å². The lowest BCUT2D eigenvalue weighted by atomic mass is 10.1. The normalized spacial score (nSPS) is 18.6. The van der Waals surface area contributed by atoms with Crippen LogP contribution >= 0.6 is 23.2 Å². The smallest absolute Gasteiger partial charge is 0.305 e. The van der Waals surface area contributed by atoms with Crippen molar-refractivity contribution in [3.63, 3.8) is 0 Å². The Morgan fingerprint density at radius 1 is 1.37 bits per heavy atom. The zero-order chi connectivity index (χ0) is 14.0. The molecule has 1 aromatic carbocycles. The molecule has 0 bridgehead atoms. The Labute approximate surface area is 120 Å². The summed E-state index contributed by atoms with van der Waals surface area (Å²) < 4.78 is 0. The van der Waals surface area contributed by atoms with E-state index in [4.69, 9.17) is 28.3 Å². The minimum Gasteiger partial charge on any atom is -0.481 e. The van der Waals surface area contributed by atoms with Crippen molar-refractivity contribution in [2.24, 2.45) is 0 Å². The molecule has 0 aliphatic carbocycles. The summed E-state index contributed by atoms with van der Waals surface area (Å²) in [4.78, 5) is 24.8. The van der Waals surface area contributed by atoms with Gasteiger partial charge in [0.25, 0.3) is 5.91 Å². The van der Waals surface area contributed by atoms with Gasteiger partial charge in [-0.05, 0) is 31.0 Å². The van der Waals surface area contributed by atoms with Crippen LogP contribution in [0, 0.1) is 0 Å². The van der Waals surface area contributed by atoms with Gasteiger partial charge in [-0.1, -0.05) is 23.2 Å². The van der Waals surface area contributed by atoms with E-state index < -0.39 is 5.97 Å². The van der Waals surface area contributed by atoms with E-state index >= 15 is 0 Å². The summed E-state index contributed by atoms with van der Waals surface area (Å²) in [5.41, 5.74) is 0.325. The molecule has 0 saturated carbocycles. The number of rotatable bonds is 3. The summed E-state index contributed by atoms with van der Waals surface area (Å²) in [6.45, 7) is 0.555. The Bertz CT molecular complexity index is 519. The minimum atomic E-state index is -0.901. The number of aliphatic carboxylic acids is 1. The number of amides is 1. The van der Waals surface area contributed by atoms with E-state index in [0.717, 1.165) is 6.42 Å². The molecule has 102 valence electrons. The molecule has 1 aliphatic heterocycles. The number of halogens is 2. The number of benzene rings is 1. The van der Waals surface area contributed by atoms with E-state index in [9.17, 15) is 9.59 Å². The highest BCUT2D eigenvalue weighted by molar-refractivity contribution is 6.35. The van der Waals surface area contributed by atoms with Crippen LogP contribution in [0.15, 0.2) is 18.2 Å². The van der Waals surface area contributed by atoms with Crippen LogP contribution in [0.3, 0.4) is 0 Å². The number of hydrogen-bond acceptors (Lipinski definition) is 2. The molecule has 1 fully saturated rings. The lowest BCUT2D eigenvalue weighted by Gasteiger charge is -2.24. The molecule has 1 unspecified atom stereocenters. The lowest BCUT2D eigenvalue weighted by Crippen LogP contribution is -2.37. The second-order valence-corrected chi connectivity index (χ2v) is 5.36. The third kappa shape index (κ3) is 3.19. The van der Waals surface area contributed by atoms with Gasteiger partial charge in [-0.3, -0.25) is 9.59 Å². The first kappa shape index (κ1) is 14.2. The molecule has 1 amide bonds. The molecule has 6 heteroatoms. The Hall–Kier alpha value is -1.26. The highest BCUT2D eigenvalue weighted by atomic mass is 35.5. The van der Waals surface area contributed by atoms with Crippen LogP contribution in [0.2, 0.25) is 10.0 Å². The van der Waals surface area contributed by atoms with Crippen LogP contribution < -0.4 is 0 Å². The van der Waals surface area contributed by atoms with Crippen molar-refractivity contribution in [2.75, 3.05) is 6.54 Å². The van der Waals surface area contributed by atoms with Gasteiger partial charge in [-0.15, -0.1) is 0 Å². The quantitative estimate of drug-likeness (QED) is 0.933. The fraction of sp³-hybridized carbons (Fsp3) is 0.385. The van der Waals surface area contributed by atoms with Gasteiger partial charge in [0, 0.05) is 17.6 Å². The second kappa shape index (κ2) is 5.80. The van der Waals surface area contributed by atoms with E-state index in [2.05, 4.69) is 0 Å². The molecule has 0 aromatic heterocycles. The molecule has 0 radical (unpaired) electrons. The Balaban J connectivity index is 2.23. The van der Waals surface area contributed by atoms with E-state index in [1.807, 2.05) is 0 Å². The van der Waals surface area contributed by atoms with Crippen molar-refractivity contribution in [1.82, 2.24) is 4.90 Å². The number of hydrogen-bond donors (Lipinski definition) is 1. The molecule has 1 atom stereocenters. The summed E-state index contributed by atoms with van der Waals surface area (Å²) in [5, 5.41) is 9.62. The summed E-state index contributed by atoms with van der Waals surface area (Å²) in [6.07, 6.45) is 1.47. The fourth-order valence-corrected chi connectivity index (χ4v) is 2.70. The van der Waals surface area contributed by atoms with Crippen molar-refractivity contribution >= 4 is 35.1 Å². The van der Waals surface area contributed by atoms with Crippen molar-refractivity contribution < 1.29 is 14.7 Å². The molecule has 0 spiro atoms. The van der Waals surface area contributed by atoms with Gasteiger partial charge in [0.1, 0.15) is 0 Å². The number of likely N-dealkylation sites (tertiary alicyclic amines) is 1. The van der Waals surface area contributed by atoms with Crippen molar-refractivity contribution in [1.29, 1.82) is 0 Å². The SMILES string of the molecule is O=C(O)CC1CCCN1C(=O)c1cc(Cl)ccc1Cl. The van der Waals surface area contributed by atoms with Crippen LogP contribution in [0.5, 0.6) is 0 Å². The first-order valence-electron chi connectivity index (χ1n) is 5.97. The third-order valence-electron chi connectivity index (χ3n) is 3.21. The molecule has 4 nitrogen and oxygen atoms in total. The van der Waals surface area contributed by atoms with Gasteiger partial charge < -0.3 is 10.0 Å². The Morgan fingerprint density at radius 2 is 2.11 bits per heavy atom. The predicted molar refractivity (Wildman–Crippen MR) is 72.8 cm³/mol. The Kier molecular flexibility index (Phi) is 4.32. The standard InChI is InChI=1S/C13H13Cl2NO3/c14-8-3-4-11(15)10(6-8)13(19)16-5-1-2-9(16)7-12(17)18/h3-4,6,9H,1-2,5,7H2,(H,17,18). The Morgan fingerprint density at radius 3 is 2.79 bits per heavy atom. The van der Waals surface area contributed by atoms with Gasteiger partial charge >= 0.3 is 5.97 Å². The maximum Gasteiger partial charge on any atom is 0.305 e. The van der Waals surface area contributed by atoms with E-state index in [-0.39, 0.29) is 18.4 Å². The molecule has 1 aromatic rings. The molecule has 1 N–H and O–H groups in total. The zero-order valence-electron chi connectivity index (χ0n) is 10.1. The summed E-state index contributed by atoms with van der Waals surface area (Å²) in [5.74, 6) is -1.15. The fourth-order valence-electron chi connectivity index (χ4n) is 2.33. The maximum atomic E-state index is 12.4. The van der Waals surface area contributed by atoms with Gasteiger partial charge in [0.15, 0.2) is 0 Å². The number of carbonyl (C=O) groups excluding carboxylic acids is 1. The number of carboxylic acids is 1. The van der Waals surface area contributed by atoms with E-state index in [0.29, 0.717) is 28.6 Å². The number of carbonyl (C=O) groups is 2. The van der Waals surface area contributed by atoms with Crippen molar-refractivity contribution in [3.8, 4) is 0 Å². The van der Waals surface area contributed by atoms with Crippen molar-refractivity contribution in [2.45, 2.75) is 25.3 Å². The average molecular weight is 302 g/mol. The predicted octanol–water partition coefficient (Wildman–Crippen LogP) is 3.07. The second-order valence-electron chi connectivity index (χ2n) is 4.52. The molecular weight excluding hydrogens is 289 g/mol. The van der Waals surface area contributed by atoms with Crippen LogP contribution in [0.25, 0.3) is 0 Å². The summed E-state index contributed by atoms with van der Waals surface area (Å²) in [7, 11) is 0. The molecule has 1 saturated heterocycles. The first-order valence-corrected chi connectivity index (χ1v) is 6.72. The highest BCUT2D eigenvalue weighted by Gasteiger charge is 2.31. The van der Waals surface area contributed by atoms with Gasteiger partial charge in [0.2, 0.25) is 0 Å². The zero-order valence-corrected chi connectivity index (χ0v) is 11.6. The van der Waals surface area contributed by atoms with Crippen LogP contribution in [0.1, 0.15) is 29.6 Å². The molecule has 1 heterocycles. The van der Waals surface area contributed by atoms with Crippen LogP contribution in [-0.4, -0.2) is 34.5 Å². The molecular formula is C13H13Cl2NO3. The lowest BCUT2D eigenvalue weighted by molar-refractivity contribution is -0.137. The molecule has 19 heavy (non-hydrogen) atoms. The van der Waals surface area contributed by atoms with Crippen molar-refractivity contribution in [3.05, 3.63) is 33.8 Å². The summed E-state index contributed by atoms with van der Waals surface area (Å²) in [6, 6.07) is 4.43.